The molecule has 1 aliphatic heterocycles. The topological polar surface area (TPSA) is 73.7 Å². The first-order valence-electron chi connectivity index (χ1n) is 9.27. The lowest BCUT2D eigenvalue weighted by atomic mass is 10.00. The van der Waals surface area contributed by atoms with E-state index >= 15 is 0 Å². The molecule has 0 bridgehead atoms. The third kappa shape index (κ3) is 4.67. The van der Waals surface area contributed by atoms with Crippen molar-refractivity contribution in [2.75, 3.05) is 13.2 Å². The Morgan fingerprint density at radius 1 is 1.19 bits per heavy atom. The van der Waals surface area contributed by atoms with Gasteiger partial charge in [-0.3, -0.25) is 4.68 Å². The van der Waals surface area contributed by atoms with Crippen LogP contribution in [0.2, 0.25) is 0 Å². The van der Waals surface area contributed by atoms with Gasteiger partial charge in [-0.05, 0) is 32.3 Å². The molecule has 27 heavy (non-hydrogen) atoms. The zero-order valence-electron chi connectivity index (χ0n) is 15.7. The summed E-state index contributed by atoms with van der Waals surface area (Å²) >= 11 is 0. The van der Waals surface area contributed by atoms with Crippen LogP contribution in [0.1, 0.15) is 48.7 Å². The number of carbonyl (C=O) groups is 2. The van der Waals surface area contributed by atoms with Crippen molar-refractivity contribution in [1.82, 2.24) is 14.7 Å². The zero-order valence-corrected chi connectivity index (χ0v) is 15.7. The predicted octanol–water partition coefficient (Wildman–Crippen LogP) is 3.42. The minimum Gasteiger partial charge on any atom is -0.462 e. The van der Waals surface area contributed by atoms with E-state index in [9.17, 15) is 9.59 Å². The van der Waals surface area contributed by atoms with E-state index in [1.165, 1.54) is 6.20 Å². The molecule has 2 heterocycles. The van der Waals surface area contributed by atoms with E-state index in [0.29, 0.717) is 18.7 Å². The molecule has 0 saturated carbocycles. The summed E-state index contributed by atoms with van der Waals surface area (Å²) in [5, 5.41) is 4.29. The van der Waals surface area contributed by atoms with Crippen molar-refractivity contribution in [2.45, 2.75) is 45.4 Å². The van der Waals surface area contributed by atoms with Crippen LogP contribution in [-0.2, 0) is 16.1 Å². The molecular formula is C20H25N3O4. The summed E-state index contributed by atoms with van der Waals surface area (Å²) in [6, 6.07) is 9.73. The smallest absolute Gasteiger partial charge is 0.410 e. The summed E-state index contributed by atoms with van der Waals surface area (Å²) in [6.45, 7) is 4.87. The lowest BCUT2D eigenvalue weighted by molar-refractivity contribution is 0.0521. The predicted molar refractivity (Wildman–Crippen MR) is 99.2 cm³/mol. The van der Waals surface area contributed by atoms with Crippen molar-refractivity contribution < 1.29 is 19.1 Å². The summed E-state index contributed by atoms with van der Waals surface area (Å²) in [6.07, 6.45) is 4.60. The highest BCUT2D eigenvalue weighted by Gasteiger charge is 2.31. The fourth-order valence-electron chi connectivity index (χ4n) is 3.22. The Bertz CT molecular complexity index is 775. The van der Waals surface area contributed by atoms with Crippen LogP contribution in [0, 0.1) is 0 Å². The molecule has 7 heteroatoms. The molecule has 1 fully saturated rings. The number of ether oxygens (including phenoxy) is 2. The first kappa shape index (κ1) is 18.9. The van der Waals surface area contributed by atoms with Crippen LogP contribution >= 0.6 is 0 Å². The summed E-state index contributed by atoms with van der Waals surface area (Å²) in [4.78, 5) is 26.1. The molecule has 1 aromatic heterocycles. The van der Waals surface area contributed by atoms with Crippen LogP contribution < -0.4 is 0 Å². The van der Waals surface area contributed by atoms with Crippen LogP contribution in [0.4, 0.5) is 4.79 Å². The fourth-order valence-corrected chi connectivity index (χ4v) is 3.22. The monoisotopic (exact) mass is 371 g/mol. The number of carbonyl (C=O) groups excluding carboxylic acids is 2. The van der Waals surface area contributed by atoms with Gasteiger partial charge in [0.2, 0.25) is 0 Å². The largest absolute Gasteiger partial charge is 0.462 e. The van der Waals surface area contributed by atoms with Gasteiger partial charge in [0.05, 0.1) is 24.4 Å². The van der Waals surface area contributed by atoms with Gasteiger partial charge in [0.15, 0.2) is 0 Å². The average molecular weight is 371 g/mol. The maximum Gasteiger partial charge on any atom is 0.410 e. The number of rotatable bonds is 5. The summed E-state index contributed by atoms with van der Waals surface area (Å²) in [7, 11) is 0. The lowest BCUT2D eigenvalue weighted by Crippen LogP contribution is -2.46. The number of hydrogen-bond donors (Lipinski definition) is 0. The molecule has 144 valence electrons. The Labute approximate surface area is 158 Å². The number of aromatic nitrogens is 2. The number of amides is 1. The van der Waals surface area contributed by atoms with Gasteiger partial charge in [-0.2, -0.15) is 5.10 Å². The van der Waals surface area contributed by atoms with Gasteiger partial charge < -0.3 is 14.4 Å². The highest BCUT2D eigenvalue weighted by atomic mass is 16.6. The van der Waals surface area contributed by atoms with Crippen molar-refractivity contribution in [3.05, 3.63) is 53.9 Å². The Kier molecular flexibility index (Phi) is 6.11. The molecule has 1 aliphatic rings. The Balaban J connectivity index is 1.62. The van der Waals surface area contributed by atoms with Crippen molar-refractivity contribution in [2.24, 2.45) is 0 Å². The van der Waals surface area contributed by atoms with E-state index in [4.69, 9.17) is 9.47 Å². The number of nitrogens with zero attached hydrogens (tertiary/aromatic N) is 3. The second-order valence-corrected chi connectivity index (χ2v) is 6.70. The molecule has 2 aromatic rings. The number of piperidine rings is 1. The fraction of sp³-hybridized carbons (Fsp3) is 0.450. The van der Waals surface area contributed by atoms with Crippen LogP contribution in [0.5, 0.6) is 0 Å². The molecule has 0 radical (unpaired) electrons. The maximum absolute atomic E-state index is 12.6. The maximum atomic E-state index is 12.6. The third-order valence-corrected chi connectivity index (χ3v) is 4.78. The van der Waals surface area contributed by atoms with Crippen LogP contribution in [0.3, 0.4) is 0 Å². The van der Waals surface area contributed by atoms with Gasteiger partial charge in [0.1, 0.15) is 6.61 Å². The number of likely N-dealkylation sites (tertiary alicyclic amines) is 1. The molecule has 7 nitrogen and oxygen atoms in total. The normalized spacial score (nSPS) is 19.6. The average Bonchev–Trinajstić information content (AvgIpc) is 3.18. The first-order valence-corrected chi connectivity index (χ1v) is 9.27. The number of hydrogen-bond acceptors (Lipinski definition) is 5. The molecule has 0 unspecified atom stereocenters. The number of benzene rings is 1. The highest BCUT2D eigenvalue weighted by Crippen LogP contribution is 2.26. The first-order chi connectivity index (χ1) is 13.1. The van der Waals surface area contributed by atoms with E-state index < -0.39 is 0 Å². The van der Waals surface area contributed by atoms with Gasteiger partial charge >= 0.3 is 12.1 Å². The lowest BCUT2D eigenvalue weighted by Gasteiger charge is -2.37. The minimum absolute atomic E-state index is 0.00801. The minimum atomic E-state index is -0.382. The van der Waals surface area contributed by atoms with Crippen molar-refractivity contribution in [3.8, 4) is 0 Å². The second kappa shape index (κ2) is 8.70. The Hall–Kier alpha value is -2.83. The third-order valence-electron chi connectivity index (χ3n) is 4.78. The van der Waals surface area contributed by atoms with Gasteiger partial charge in [-0.15, -0.1) is 0 Å². The van der Waals surface area contributed by atoms with Gasteiger partial charge in [-0.25, -0.2) is 9.59 Å². The van der Waals surface area contributed by atoms with E-state index in [1.54, 1.807) is 22.7 Å². The molecule has 0 N–H and O–H groups in total. The molecule has 2 atom stereocenters. The number of esters is 1. The van der Waals surface area contributed by atoms with Crippen LogP contribution in [-0.4, -0.2) is 45.9 Å². The molecular weight excluding hydrogens is 346 g/mol. The van der Waals surface area contributed by atoms with Crippen molar-refractivity contribution in [1.29, 1.82) is 0 Å². The quantitative estimate of drug-likeness (QED) is 0.753. The molecule has 0 spiro atoms. The van der Waals surface area contributed by atoms with E-state index in [1.807, 2.05) is 37.3 Å². The van der Waals surface area contributed by atoms with Gasteiger partial charge in [0, 0.05) is 18.8 Å². The molecule has 0 aliphatic carbocycles. The molecule has 3 rings (SSSR count). The van der Waals surface area contributed by atoms with Crippen LogP contribution in [0.25, 0.3) is 0 Å². The summed E-state index contributed by atoms with van der Waals surface area (Å²) < 4.78 is 12.2. The highest BCUT2D eigenvalue weighted by molar-refractivity contribution is 5.88. The Morgan fingerprint density at radius 2 is 1.96 bits per heavy atom. The summed E-state index contributed by atoms with van der Waals surface area (Å²) in [5.41, 5.74) is 1.38. The summed E-state index contributed by atoms with van der Waals surface area (Å²) in [5.74, 6) is -0.382. The van der Waals surface area contributed by atoms with E-state index in [0.717, 1.165) is 18.4 Å². The van der Waals surface area contributed by atoms with Gasteiger partial charge in [0.25, 0.3) is 0 Å². The SMILES string of the molecule is CCOC(=O)c1cnn([C@@H]2CC[C@@H](C)N(C(=O)OCc3ccccc3)C2)c1. The standard InChI is InChI=1S/C20H25N3O4/c1-3-26-19(24)17-11-21-23(12-17)18-10-9-15(2)22(13-18)20(25)27-14-16-7-5-4-6-8-16/h4-8,11-12,15,18H,3,9-10,13-14H2,1-2H3/t15-,18-/m1/s1. The van der Waals surface area contributed by atoms with Crippen molar-refractivity contribution in [3.63, 3.8) is 0 Å². The van der Waals surface area contributed by atoms with Gasteiger partial charge in [-0.1, -0.05) is 30.3 Å². The van der Waals surface area contributed by atoms with E-state index in [2.05, 4.69) is 5.10 Å². The van der Waals surface area contributed by atoms with Crippen LogP contribution in [0.15, 0.2) is 42.7 Å². The molecule has 1 amide bonds. The molecule has 1 saturated heterocycles. The Morgan fingerprint density at radius 3 is 2.70 bits per heavy atom. The van der Waals surface area contributed by atoms with Crippen molar-refractivity contribution >= 4 is 12.1 Å². The molecule has 1 aromatic carbocycles. The van der Waals surface area contributed by atoms with E-state index in [-0.39, 0.29) is 30.8 Å². The zero-order chi connectivity index (χ0) is 19.2. The second-order valence-electron chi connectivity index (χ2n) is 6.70.